The molecule has 0 amide bonds. The van der Waals surface area contributed by atoms with Crippen molar-refractivity contribution in [2.45, 2.75) is 26.3 Å². The highest BCUT2D eigenvalue weighted by Gasteiger charge is 2.23. The maximum Gasteiger partial charge on any atom is 0.0674 e. The Kier molecular flexibility index (Phi) is 5.91. The molecule has 0 radical (unpaired) electrons. The number of hydrogen-bond acceptors (Lipinski definition) is 4. The zero-order valence-electron chi connectivity index (χ0n) is 16.8. The lowest BCUT2D eigenvalue weighted by molar-refractivity contribution is 0.0964. The van der Waals surface area contributed by atoms with Crippen molar-refractivity contribution >= 4 is 0 Å². The Balaban J connectivity index is 1.26. The second-order valence-electron chi connectivity index (χ2n) is 8.40. The van der Waals surface area contributed by atoms with E-state index in [1.165, 1.54) is 75.5 Å². The molecular weight excluding hydrogens is 334 g/mol. The van der Waals surface area contributed by atoms with Crippen LogP contribution in [0.5, 0.6) is 0 Å². The molecule has 2 fully saturated rings. The van der Waals surface area contributed by atoms with Gasteiger partial charge in [0.25, 0.3) is 0 Å². The number of aromatic nitrogens is 2. The van der Waals surface area contributed by atoms with Crippen molar-refractivity contribution in [3.8, 4) is 5.69 Å². The summed E-state index contributed by atoms with van der Waals surface area (Å²) >= 11 is 0. The van der Waals surface area contributed by atoms with Crippen LogP contribution in [0.3, 0.4) is 0 Å². The first-order valence-corrected chi connectivity index (χ1v) is 10.4. The standard InChI is InChI=1S/C22H33N5/c1-19-5-3-4-6-22(19)27-18-21(15-23-27)17-26-13-11-25(12-14-26)16-20-7-9-24(2)10-8-20/h3-6,15,18,20H,7-14,16-17H2,1-2H3. The Bertz CT molecular complexity index is 724. The van der Waals surface area contributed by atoms with E-state index in [2.05, 4.69) is 64.2 Å². The molecule has 27 heavy (non-hydrogen) atoms. The average molecular weight is 368 g/mol. The zero-order chi connectivity index (χ0) is 18.6. The van der Waals surface area contributed by atoms with Crippen LogP contribution in [0.25, 0.3) is 5.69 Å². The third-order valence-electron chi connectivity index (χ3n) is 6.22. The average Bonchev–Trinajstić information content (AvgIpc) is 3.14. The summed E-state index contributed by atoms with van der Waals surface area (Å²) in [5.41, 5.74) is 3.74. The molecule has 2 aromatic rings. The summed E-state index contributed by atoms with van der Waals surface area (Å²) < 4.78 is 2.01. The lowest BCUT2D eigenvalue weighted by Gasteiger charge is -2.38. The lowest BCUT2D eigenvalue weighted by Crippen LogP contribution is -2.48. The van der Waals surface area contributed by atoms with Gasteiger partial charge < -0.3 is 9.80 Å². The summed E-state index contributed by atoms with van der Waals surface area (Å²) in [5.74, 6) is 0.903. The summed E-state index contributed by atoms with van der Waals surface area (Å²) in [6.45, 7) is 11.7. The number of para-hydroxylation sites is 1. The van der Waals surface area contributed by atoms with E-state index in [-0.39, 0.29) is 0 Å². The topological polar surface area (TPSA) is 27.5 Å². The minimum atomic E-state index is 0.903. The summed E-state index contributed by atoms with van der Waals surface area (Å²) in [7, 11) is 2.25. The normalized spacial score (nSPS) is 21.0. The highest BCUT2D eigenvalue weighted by molar-refractivity contribution is 5.39. The van der Waals surface area contributed by atoms with E-state index in [1.807, 2.05) is 10.9 Å². The van der Waals surface area contributed by atoms with Gasteiger partial charge in [0.15, 0.2) is 0 Å². The second-order valence-corrected chi connectivity index (χ2v) is 8.40. The predicted molar refractivity (Wildman–Crippen MR) is 110 cm³/mol. The predicted octanol–water partition coefficient (Wildman–Crippen LogP) is 2.64. The molecule has 2 aliphatic heterocycles. The van der Waals surface area contributed by atoms with Crippen molar-refractivity contribution in [2.24, 2.45) is 5.92 Å². The second kappa shape index (κ2) is 8.55. The number of piperazine rings is 1. The molecule has 5 heteroatoms. The van der Waals surface area contributed by atoms with Crippen LogP contribution in [-0.4, -0.2) is 77.3 Å². The van der Waals surface area contributed by atoms with Gasteiger partial charge >= 0.3 is 0 Å². The van der Waals surface area contributed by atoms with E-state index in [0.29, 0.717) is 0 Å². The molecule has 0 atom stereocenters. The highest BCUT2D eigenvalue weighted by atomic mass is 15.3. The van der Waals surface area contributed by atoms with Crippen molar-refractivity contribution < 1.29 is 0 Å². The van der Waals surface area contributed by atoms with Gasteiger partial charge in [-0.2, -0.15) is 5.10 Å². The van der Waals surface area contributed by atoms with Crippen LogP contribution in [0, 0.1) is 12.8 Å². The van der Waals surface area contributed by atoms with Crippen molar-refractivity contribution in [1.82, 2.24) is 24.5 Å². The Morgan fingerprint density at radius 3 is 2.41 bits per heavy atom. The van der Waals surface area contributed by atoms with Gasteiger partial charge in [0, 0.05) is 51.0 Å². The summed E-state index contributed by atoms with van der Waals surface area (Å²) in [4.78, 5) is 7.72. The third kappa shape index (κ3) is 4.78. The maximum atomic E-state index is 4.59. The molecule has 0 saturated carbocycles. The van der Waals surface area contributed by atoms with Gasteiger partial charge in [-0.3, -0.25) is 4.90 Å². The summed E-state index contributed by atoms with van der Waals surface area (Å²) in [5, 5.41) is 4.59. The van der Waals surface area contributed by atoms with E-state index in [1.54, 1.807) is 0 Å². The Hall–Kier alpha value is -1.69. The van der Waals surface area contributed by atoms with Crippen LogP contribution < -0.4 is 0 Å². The molecule has 2 aliphatic rings. The van der Waals surface area contributed by atoms with Crippen LogP contribution in [0.15, 0.2) is 36.7 Å². The highest BCUT2D eigenvalue weighted by Crippen LogP contribution is 2.19. The molecule has 4 rings (SSSR count). The number of hydrogen-bond donors (Lipinski definition) is 0. The fraction of sp³-hybridized carbons (Fsp3) is 0.591. The SMILES string of the molecule is Cc1ccccc1-n1cc(CN2CCN(CC3CCN(C)CC3)CC2)cn1. The van der Waals surface area contributed by atoms with E-state index in [9.17, 15) is 0 Å². The van der Waals surface area contributed by atoms with Crippen molar-refractivity contribution in [2.75, 3.05) is 52.9 Å². The molecule has 0 spiro atoms. The van der Waals surface area contributed by atoms with Gasteiger partial charge in [0.1, 0.15) is 0 Å². The first-order valence-electron chi connectivity index (χ1n) is 10.4. The van der Waals surface area contributed by atoms with Crippen LogP contribution in [0.2, 0.25) is 0 Å². The van der Waals surface area contributed by atoms with Gasteiger partial charge in [0.05, 0.1) is 11.9 Å². The molecule has 1 aromatic heterocycles. The van der Waals surface area contributed by atoms with Crippen LogP contribution in [-0.2, 0) is 6.54 Å². The van der Waals surface area contributed by atoms with E-state index >= 15 is 0 Å². The van der Waals surface area contributed by atoms with E-state index in [0.717, 1.165) is 12.5 Å². The minimum absolute atomic E-state index is 0.903. The molecule has 146 valence electrons. The molecular formula is C22H33N5. The fourth-order valence-electron chi connectivity index (χ4n) is 4.39. The lowest BCUT2D eigenvalue weighted by atomic mass is 9.96. The largest absolute Gasteiger partial charge is 0.306 e. The third-order valence-corrected chi connectivity index (χ3v) is 6.22. The van der Waals surface area contributed by atoms with Crippen molar-refractivity contribution in [3.63, 3.8) is 0 Å². The number of piperidine rings is 1. The summed E-state index contributed by atoms with van der Waals surface area (Å²) in [6, 6.07) is 8.43. The van der Waals surface area contributed by atoms with Gasteiger partial charge in [-0.25, -0.2) is 4.68 Å². The molecule has 0 N–H and O–H groups in total. The van der Waals surface area contributed by atoms with Gasteiger partial charge in [-0.1, -0.05) is 18.2 Å². The number of aryl methyl sites for hydroxylation is 1. The molecule has 2 saturated heterocycles. The fourth-order valence-corrected chi connectivity index (χ4v) is 4.39. The Morgan fingerprint density at radius 1 is 0.963 bits per heavy atom. The Morgan fingerprint density at radius 2 is 1.67 bits per heavy atom. The molecule has 0 unspecified atom stereocenters. The minimum Gasteiger partial charge on any atom is -0.306 e. The van der Waals surface area contributed by atoms with Crippen LogP contribution >= 0.6 is 0 Å². The van der Waals surface area contributed by atoms with E-state index < -0.39 is 0 Å². The van der Waals surface area contributed by atoms with Gasteiger partial charge in [-0.05, 0) is 57.5 Å². The number of nitrogens with zero attached hydrogens (tertiary/aromatic N) is 5. The molecule has 5 nitrogen and oxygen atoms in total. The molecule has 3 heterocycles. The monoisotopic (exact) mass is 367 g/mol. The quantitative estimate of drug-likeness (QED) is 0.812. The molecule has 0 bridgehead atoms. The molecule has 1 aromatic carbocycles. The van der Waals surface area contributed by atoms with Crippen LogP contribution in [0.1, 0.15) is 24.0 Å². The molecule has 0 aliphatic carbocycles. The van der Waals surface area contributed by atoms with Gasteiger partial charge in [0.2, 0.25) is 0 Å². The summed E-state index contributed by atoms with van der Waals surface area (Å²) in [6.07, 6.45) is 6.95. The van der Waals surface area contributed by atoms with E-state index in [4.69, 9.17) is 0 Å². The maximum absolute atomic E-state index is 4.59. The zero-order valence-corrected chi connectivity index (χ0v) is 16.8. The van der Waals surface area contributed by atoms with Crippen molar-refractivity contribution in [1.29, 1.82) is 0 Å². The smallest absolute Gasteiger partial charge is 0.0674 e. The van der Waals surface area contributed by atoms with Crippen molar-refractivity contribution in [3.05, 3.63) is 47.8 Å². The Labute approximate surface area is 163 Å². The number of rotatable bonds is 5. The first kappa shape index (κ1) is 18.7. The van der Waals surface area contributed by atoms with Gasteiger partial charge in [-0.15, -0.1) is 0 Å². The number of likely N-dealkylation sites (tertiary alicyclic amines) is 1. The van der Waals surface area contributed by atoms with Crippen LogP contribution in [0.4, 0.5) is 0 Å². The number of benzene rings is 1. The first-order chi connectivity index (χ1) is 13.2.